The molecule has 1 aliphatic heterocycles. The van der Waals surface area contributed by atoms with Gasteiger partial charge < -0.3 is 9.32 Å². The van der Waals surface area contributed by atoms with Gasteiger partial charge in [0.15, 0.2) is 0 Å². The van der Waals surface area contributed by atoms with Gasteiger partial charge in [0, 0.05) is 31.3 Å². The van der Waals surface area contributed by atoms with E-state index in [9.17, 15) is 4.79 Å². The van der Waals surface area contributed by atoms with Crippen LogP contribution >= 0.6 is 11.6 Å². The summed E-state index contributed by atoms with van der Waals surface area (Å²) in [4.78, 5) is 13.9. The van der Waals surface area contributed by atoms with Crippen LogP contribution in [0.5, 0.6) is 0 Å². The number of nitrogens with zero attached hydrogens (tertiary/aromatic N) is 1. The fraction of sp³-hybridized carbons (Fsp3) is 0.615. The van der Waals surface area contributed by atoms with Crippen molar-refractivity contribution < 1.29 is 9.21 Å². The van der Waals surface area contributed by atoms with Crippen LogP contribution < -0.4 is 0 Å². The molecule has 4 heteroatoms. The number of hydrogen-bond acceptors (Lipinski definition) is 2. The van der Waals surface area contributed by atoms with Crippen molar-refractivity contribution in [3.05, 3.63) is 24.2 Å². The van der Waals surface area contributed by atoms with Crippen LogP contribution in [-0.2, 0) is 11.2 Å². The predicted octanol–water partition coefficient (Wildman–Crippen LogP) is 2.69. The largest absolute Gasteiger partial charge is 0.469 e. The van der Waals surface area contributed by atoms with Crippen LogP contribution in [0.25, 0.3) is 0 Å². The van der Waals surface area contributed by atoms with E-state index in [-0.39, 0.29) is 11.3 Å². The molecule has 94 valence electrons. The van der Waals surface area contributed by atoms with E-state index in [1.165, 1.54) is 0 Å². The molecule has 0 aliphatic carbocycles. The summed E-state index contributed by atoms with van der Waals surface area (Å²) in [7, 11) is 0. The topological polar surface area (TPSA) is 33.5 Å². The van der Waals surface area contributed by atoms with Crippen molar-refractivity contribution in [3.8, 4) is 0 Å². The Morgan fingerprint density at radius 1 is 1.65 bits per heavy atom. The fourth-order valence-corrected chi connectivity index (χ4v) is 2.36. The van der Waals surface area contributed by atoms with E-state index in [0.717, 1.165) is 25.3 Å². The molecular formula is C13H18ClNO2. The number of piperidine rings is 1. The number of rotatable bonds is 3. The standard InChI is InChI=1S/C13H18ClNO2/c1-10-9-15(7-6-12(10)14)13(16)5-4-11-3-2-8-17-11/h2-3,8,10,12H,4-7,9H2,1H3. The Morgan fingerprint density at radius 3 is 3.12 bits per heavy atom. The Bertz CT molecular complexity index is 364. The van der Waals surface area contributed by atoms with Crippen LogP contribution in [0.15, 0.2) is 22.8 Å². The molecule has 0 spiro atoms. The number of aryl methyl sites for hydroxylation is 1. The van der Waals surface area contributed by atoms with E-state index >= 15 is 0 Å². The number of amides is 1. The Kier molecular flexibility index (Phi) is 4.11. The minimum absolute atomic E-state index is 0.205. The van der Waals surface area contributed by atoms with Gasteiger partial charge >= 0.3 is 0 Å². The highest BCUT2D eigenvalue weighted by atomic mass is 35.5. The smallest absolute Gasteiger partial charge is 0.223 e. The van der Waals surface area contributed by atoms with Gasteiger partial charge in [-0.3, -0.25) is 4.79 Å². The highest BCUT2D eigenvalue weighted by Crippen LogP contribution is 2.22. The summed E-state index contributed by atoms with van der Waals surface area (Å²) in [6.07, 6.45) is 3.74. The molecule has 0 radical (unpaired) electrons. The van der Waals surface area contributed by atoms with Crippen molar-refractivity contribution in [2.75, 3.05) is 13.1 Å². The van der Waals surface area contributed by atoms with Crippen LogP contribution in [-0.4, -0.2) is 29.3 Å². The molecule has 1 aromatic heterocycles. The zero-order chi connectivity index (χ0) is 12.3. The van der Waals surface area contributed by atoms with Crippen molar-refractivity contribution in [3.63, 3.8) is 0 Å². The van der Waals surface area contributed by atoms with Crippen LogP contribution in [0, 0.1) is 5.92 Å². The molecule has 0 N–H and O–H groups in total. The normalized spacial score (nSPS) is 24.9. The van der Waals surface area contributed by atoms with E-state index < -0.39 is 0 Å². The molecule has 1 fully saturated rings. The quantitative estimate of drug-likeness (QED) is 0.778. The van der Waals surface area contributed by atoms with Gasteiger partial charge in [0.05, 0.1) is 6.26 Å². The lowest BCUT2D eigenvalue weighted by Crippen LogP contribution is -2.43. The van der Waals surface area contributed by atoms with Crippen molar-refractivity contribution in [2.45, 2.75) is 31.6 Å². The van der Waals surface area contributed by atoms with Gasteiger partial charge in [-0.2, -0.15) is 0 Å². The minimum Gasteiger partial charge on any atom is -0.469 e. The molecule has 3 nitrogen and oxygen atoms in total. The predicted molar refractivity (Wildman–Crippen MR) is 67.0 cm³/mol. The van der Waals surface area contributed by atoms with E-state index in [2.05, 4.69) is 6.92 Å². The molecule has 1 aliphatic rings. The Hall–Kier alpha value is -0.960. The summed E-state index contributed by atoms with van der Waals surface area (Å²) in [5.74, 6) is 1.47. The maximum atomic E-state index is 12.0. The Balaban J connectivity index is 1.80. The molecule has 0 aromatic carbocycles. The molecule has 2 rings (SSSR count). The minimum atomic E-state index is 0.205. The monoisotopic (exact) mass is 255 g/mol. The molecule has 0 saturated carbocycles. The number of halogens is 1. The van der Waals surface area contributed by atoms with Crippen LogP contribution in [0.2, 0.25) is 0 Å². The van der Waals surface area contributed by atoms with Gasteiger partial charge in [0.2, 0.25) is 5.91 Å². The van der Waals surface area contributed by atoms with E-state index in [4.69, 9.17) is 16.0 Å². The first-order chi connectivity index (χ1) is 8.16. The highest BCUT2D eigenvalue weighted by Gasteiger charge is 2.26. The van der Waals surface area contributed by atoms with Gasteiger partial charge in [-0.15, -0.1) is 11.6 Å². The zero-order valence-corrected chi connectivity index (χ0v) is 10.8. The van der Waals surface area contributed by atoms with E-state index in [0.29, 0.717) is 18.8 Å². The molecule has 2 unspecified atom stereocenters. The third-order valence-corrected chi connectivity index (χ3v) is 3.97. The summed E-state index contributed by atoms with van der Waals surface area (Å²) in [6, 6.07) is 3.75. The number of hydrogen-bond donors (Lipinski definition) is 0. The maximum absolute atomic E-state index is 12.0. The lowest BCUT2D eigenvalue weighted by Gasteiger charge is -2.34. The molecule has 1 saturated heterocycles. The average molecular weight is 256 g/mol. The number of furan rings is 1. The third-order valence-electron chi connectivity index (χ3n) is 3.32. The number of alkyl halides is 1. The average Bonchev–Trinajstić information content (AvgIpc) is 2.82. The molecule has 2 heterocycles. The van der Waals surface area contributed by atoms with Gasteiger partial charge in [0.25, 0.3) is 0 Å². The summed E-state index contributed by atoms with van der Waals surface area (Å²) in [6.45, 7) is 3.67. The number of carbonyl (C=O) groups excluding carboxylic acids is 1. The van der Waals surface area contributed by atoms with E-state index in [1.54, 1.807) is 6.26 Å². The highest BCUT2D eigenvalue weighted by molar-refractivity contribution is 6.20. The second-order valence-corrected chi connectivity index (χ2v) is 5.26. The lowest BCUT2D eigenvalue weighted by molar-refractivity contribution is -0.132. The molecular weight excluding hydrogens is 238 g/mol. The van der Waals surface area contributed by atoms with Crippen molar-refractivity contribution in [2.24, 2.45) is 5.92 Å². The molecule has 0 bridgehead atoms. The van der Waals surface area contributed by atoms with Crippen LogP contribution in [0.4, 0.5) is 0 Å². The third kappa shape index (κ3) is 3.25. The van der Waals surface area contributed by atoms with Crippen molar-refractivity contribution in [1.29, 1.82) is 0 Å². The second kappa shape index (κ2) is 5.58. The van der Waals surface area contributed by atoms with Gasteiger partial charge in [-0.25, -0.2) is 0 Å². The zero-order valence-electron chi connectivity index (χ0n) is 10.1. The van der Waals surface area contributed by atoms with Gasteiger partial charge in [-0.1, -0.05) is 6.92 Å². The molecule has 17 heavy (non-hydrogen) atoms. The number of carbonyl (C=O) groups is 1. The van der Waals surface area contributed by atoms with Gasteiger partial charge in [0.1, 0.15) is 5.76 Å². The first-order valence-corrected chi connectivity index (χ1v) is 6.54. The summed E-state index contributed by atoms with van der Waals surface area (Å²) < 4.78 is 5.22. The first-order valence-electron chi connectivity index (χ1n) is 6.11. The summed E-state index contributed by atoms with van der Waals surface area (Å²) >= 11 is 6.14. The number of likely N-dealkylation sites (tertiary alicyclic amines) is 1. The SMILES string of the molecule is CC1CN(C(=O)CCc2ccco2)CCC1Cl. The first kappa shape index (κ1) is 12.5. The van der Waals surface area contributed by atoms with Crippen LogP contribution in [0.1, 0.15) is 25.5 Å². The van der Waals surface area contributed by atoms with Crippen molar-refractivity contribution >= 4 is 17.5 Å². The molecule has 1 amide bonds. The van der Waals surface area contributed by atoms with Crippen LogP contribution in [0.3, 0.4) is 0 Å². The summed E-state index contributed by atoms with van der Waals surface area (Å²) in [5, 5.41) is 0.212. The van der Waals surface area contributed by atoms with Crippen molar-refractivity contribution in [1.82, 2.24) is 4.90 Å². The van der Waals surface area contributed by atoms with E-state index in [1.807, 2.05) is 17.0 Å². The van der Waals surface area contributed by atoms with Gasteiger partial charge in [-0.05, 0) is 24.5 Å². The lowest BCUT2D eigenvalue weighted by atomic mass is 9.99. The Labute approximate surface area is 107 Å². The Morgan fingerprint density at radius 2 is 2.47 bits per heavy atom. The second-order valence-electron chi connectivity index (χ2n) is 4.70. The maximum Gasteiger partial charge on any atom is 0.223 e. The fourth-order valence-electron chi connectivity index (χ4n) is 2.19. The molecule has 1 aromatic rings. The summed E-state index contributed by atoms with van der Waals surface area (Å²) in [5.41, 5.74) is 0. The molecule has 2 atom stereocenters.